The molecule has 0 spiro atoms. The van der Waals surface area contributed by atoms with E-state index in [4.69, 9.17) is 0 Å². The molecule has 1 atom stereocenters. The molecule has 3 N–H and O–H groups in total. The van der Waals surface area contributed by atoms with E-state index in [0.717, 1.165) is 0 Å². The summed E-state index contributed by atoms with van der Waals surface area (Å²) in [5.41, 5.74) is -1.10. The van der Waals surface area contributed by atoms with Gasteiger partial charge < -0.3 is 10.1 Å². The van der Waals surface area contributed by atoms with E-state index in [1.807, 2.05) is 0 Å². The molecule has 0 aliphatic carbocycles. The number of hydrogen-bond donors (Lipinski definition) is 2. The molecule has 1 aliphatic rings. The van der Waals surface area contributed by atoms with Crippen molar-refractivity contribution in [2.75, 3.05) is 0 Å². The van der Waals surface area contributed by atoms with Gasteiger partial charge in [-0.05, 0) is 0 Å². The predicted octanol–water partition coefficient (Wildman–Crippen LogP) is -1.35. The minimum absolute atomic E-state index is 1.10. The number of sulfonamides is 1. The van der Waals surface area contributed by atoms with Crippen LogP contribution in [0.15, 0.2) is 12.5 Å². The fourth-order valence-electron chi connectivity index (χ4n) is 0.440. The van der Waals surface area contributed by atoms with Crippen molar-refractivity contribution in [2.45, 2.75) is 5.56 Å². The highest BCUT2D eigenvalue weighted by Crippen LogP contribution is 2.00. The van der Waals surface area contributed by atoms with Crippen molar-refractivity contribution >= 4 is 10.0 Å². The molecule has 1 heterocycles. The largest absolute Gasteiger partial charge is 0.461 e. The van der Waals surface area contributed by atoms with Crippen LogP contribution in [0.5, 0.6) is 0 Å². The Balaban J connectivity index is 2.68. The number of hydrogen-bond acceptors (Lipinski definition) is 4. The standard InChI is InChI=1S/C3H6N2O3S/c4-9(6,7)3-5-1-2-8-3/h1-3,5H,(H2,4,6,7). The summed E-state index contributed by atoms with van der Waals surface area (Å²) in [6.07, 6.45) is 2.60. The fourth-order valence-corrected chi connectivity index (χ4v) is 0.927. The normalized spacial score (nSPS) is 25.2. The van der Waals surface area contributed by atoms with E-state index in [-0.39, 0.29) is 0 Å². The Hall–Kier alpha value is -0.750. The lowest BCUT2D eigenvalue weighted by atomic mass is 11.0. The van der Waals surface area contributed by atoms with Gasteiger partial charge in [0.1, 0.15) is 6.26 Å². The lowest BCUT2D eigenvalue weighted by molar-refractivity contribution is 0.222. The molecular weight excluding hydrogens is 144 g/mol. The van der Waals surface area contributed by atoms with Crippen LogP contribution in [-0.2, 0) is 14.8 Å². The van der Waals surface area contributed by atoms with Crippen LogP contribution in [0.2, 0.25) is 0 Å². The number of nitrogens with two attached hydrogens (primary N) is 1. The topological polar surface area (TPSA) is 81.4 Å². The van der Waals surface area contributed by atoms with Gasteiger partial charge in [-0.25, -0.2) is 13.6 Å². The summed E-state index contributed by atoms with van der Waals surface area (Å²) in [7, 11) is -3.60. The van der Waals surface area contributed by atoms with Gasteiger partial charge in [0.2, 0.25) is 0 Å². The molecule has 5 nitrogen and oxygen atoms in total. The Bertz CT molecular complexity index is 211. The lowest BCUT2D eigenvalue weighted by Gasteiger charge is -2.06. The van der Waals surface area contributed by atoms with Crippen molar-refractivity contribution < 1.29 is 13.2 Å². The van der Waals surface area contributed by atoms with E-state index in [1.165, 1.54) is 12.5 Å². The molecule has 6 heteroatoms. The van der Waals surface area contributed by atoms with Crippen LogP contribution in [0.25, 0.3) is 0 Å². The minimum Gasteiger partial charge on any atom is -0.461 e. The number of primary sulfonamides is 1. The fraction of sp³-hybridized carbons (Fsp3) is 0.333. The van der Waals surface area contributed by atoms with Crippen LogP contribution in [0, 0.1) is 0 Å². The second-order valence-electron chi connectivity index (χ2n) is 1.53. The molecule has 52 valence electrons. The molecule has 0 amide bonds. The van der Waals surface area contributed by atoms with Crippen molar-refractivity contribution in [3.05, 3.63) is 12.5 Å². The molecule has 0 bridgehead atoms. The second-order valence-corrected chi connectivity index (χ2v) is 3.13. The molecule has 9 heavy (non-hydrogen) atoms. The molecule has 0 saturated heterocycles. The molecule has 0 saturated carbocycles. The van der Waals surface area contributed by atoms with Crippen molar-refractivity contribution in [1.82, 2.24) is 5.32 Å². The Morgan fingerprint density at radius 3 is 2.56 bits per heavy atom. The predicted molar refractivity (Wildman–Crippen MR) is 30.3 cm³/mol. The highest BCUT2D eigenvalue weighted by molar-refractivity contribution is 7.89. The Morgan fingerprint density at radius 1 is 1.67 bits per heavy atom. The van der Waals surface area contributed by atoms with E-state index in [2.05, 4.69) is 15.2 Å². The number of ether oxygens (including phenoxy) is 1. The zero-order valence-corrected chi connectivity index (χ0v) is 5.26. The van der Waals surface area contributed by atoms with Crippen LogP contribution in [-0.4, -0.2) is 14.0 Å². The van der Waals surface area contributed by atoms with Gasteiger partial charge in [0.25, 0.3) is 15.6 Å². The molecule has 1 aliphatic heterocycles. The SMILES string of the molecule is NS(=O)(=O)C1NC=CO1. The Labute approximate surface area is 52.5 Å². The van der Waals surface area contributed by atoms with E-state index >= 15 is 0 Å². The zero-order valence-electron chi connectivity index (χ0n) is 4.44. The summed E-state index contributed by atoms with van der Waals surface area (Å²) in [5.74, 6) is 0. The van der Waals surface area contributed by atoms with Crippen molar-refractivity contribution in [3.63, 3.8) is 0 Å². The molecule has 0 radical (unpaired) electrons. The van der Waals surface area contributed by atoms with Crippen LogP contribution in [0.4, 0.5) is 0 Å². The average Bonchev–Trinajstić information content (AvgIpc) is 2.08. The van der Waals surface area contributed by atoms with E-state index in [9.17, 15) is 8.42 Å². The third kappa shape index (κ3) is 1.33. The molecule has 1 rings (SSSR count). The maximum absolute atomic E-state index is 10.4. The maximum Gasteiger partial charge on any atom is 0.285 e. The minimum atomic E-state index is -3.60. The molecule has 1 unspecified atom stereocenters. The quantitative estimate of drug-likeness (QED) is 0.484. The first-order valence-electron chi connectivity index (χ1n) is 2.19. The highest BCUT2D eigenvalue weighted by atomic mass is 32.2. The molecular formula is C3H6N2O3S. The number of nitrogens with one attached hydrogen (secondary N) is 1. The van der Waals surface area contributed by atoms with Gasteiger partial charge in [0.05, 0.1) is 0 Å². The molecule has 0 aromatic carbocycles. The van der Waals surface area contributed by atoms with Gasteiger partial charge in [-0.3, -0.25) is 0 Å². The van der Waals surface area contributed by atoms with Crippen molar-refractivity contribution in [2.24, 2.45) is 5.14 Å². The van der Waals surface area contributed by atoms with Gasteiger partial charge in [-0.15, -0.1) is 0 Å². The third-order valence-electron chi connectivity index (χ3n) is 0.801. The summed E-state index contributed by atoms with van der Waals surface area (Å²) in [6.45, 7) is 0. The zero-order chi connectivity index (χ0) is 6.91. The third-order valence-corrected chi connectivity index (χ3v) is 1.64. The van der Waals surface area contributed by atoms with Gasteiger partial charge in [0.15, 0.2) is 0 Å². The first-order valence-corrected chi connectivity index (χ1v) is 3.80. The smallest absolute Gasteiger partial charge is 0.285 e. The number of rotatable bonds is 1. The van der Waals surface area contributed by atoms with Crippen LogP contribution >= 0.6 is 0 Å². The Kier molecular flexibility index (Phi) is 1.34. The van der Waals surface area contributed by atoms with Gasteiger partial charge >= 0.3 is 0 Å². The highest BCUT2D eigenvalue weighted by Gasteiger charge is 2.22. The van der Waals surface area contributed by atoms with Gasteiger partial charge in [-0.2, -0.15) is 0 Å². The molecule has 0 fully saturated rings. The van der Waals surface area contributed by atoms with Crippen molar-refractivity contribution in [1.29, 1.82) is 0 Å². The summed E-state index contributed by atoms with van der Waals surface area (Å²) in [4.78, 5) is 0. The van der Waals surface area contributed by atoms with Crippen LogP contribution < -0.4 is 10.5 Å². The molecule has 0 aromatic rings. The monoisotopic (exact) mass is 150 g/mol. The summed E-state index contributed by atoms with van der Waals surface area (Å²) in [6, 6.07) is 0. The summed E-state index contributed by atoms with van der Waals surface area (Å²) >= 11 is 0. The summed E-state index contributed by atoms with van der Waals surface area (Å²) < 4.78 is 25.3. The first kappa shape index (κ1) is 6.37. The van der Waals surface area contributed by atoms with Crippen LogP contribution in [0.1, 0.15) is 0 Å². The Morgan fingerprint density at radius 2 is 2.33 bits per heavy atom. The van der Waals surface area contributed by atoms with E-state index < -0.39 is 15.6 Å². The molecule has 0 aromatic heterocycles. The summed E-state index contributed by atoms with van der Waals surface area (Å²) in [5, 5.41) is 7.07. The van der Waals surface area contributed by atoms with E-state index in [1.54, 1.807) is 0 Å². The van der Waals surface area contributed by atoms with E-state index in [0.29, 0.717) is 0 Å². The first-order chi connectivity index (χ1) is 4.11. The second kappa shape index (κ2) is 1.89. The van der Waals surface area contributed by atoms with Gasteiger partial charge in [-0.1, -0.05) is 0 Å². The van der Waals surface area contributed by atoms with Crippen LogP contribution in [0.3, 0.4) is 0 Å². The van der Waals surface area contributed by atoms with Crippen molar-refractivity contribution in [3.8, 4) is 0 Å². The lowest BCUT2D eigenvalue weighted by Crippen LogP contribution is -2.36. The van der Waals surface area contributed by atoms with Gasteiger partial charge in [0, 0.05) is 6.20 Å². The maximum atomic E-state index is 10.4. The average molecular weight is 150 g/mol.